The average Bonchev–Trinajstić information content (AvgIpc) is 3.08. The zero-order valence-corrected chi connectivity index (χ0v) is 14.2. The number of urea groups is 1. The highest BCUT2D eigenvalue weighted by molar-refractivity contribution is 5.75. The highest BCUT2D eigenvalue weighted by Crippen LogP contribution is 2.23. The Morgan fingerprint density at radius 3 is 2.88 bits per heavy atom. The molecule has 0 atom stereocenters. The number of hydrogen-bond donors (Lipinski definition) is 1. The Hall–Kier alpha value is -2.44. The van der Waals surface area contributed by atoms with Crippen molar-refractivity contribution < 1.29 is 9.32 Å². The molecule has 25 heavy (non-hydrogen) atoms. The van der Waals surface area contributed by atoms with Crippen molar-refractivity contribution >= 4 is 6.03 Å². The van der Waals surface area contributed by atoms with Crippen molar-refractivity contribution in [2.75, 3.05) is 13.1 Å². The van der Waals surface area contributed by atoms with Gasteiger partial charge in [-0.3, -0.25) is 4.98 Å². The van der Waals surface area contributed by atoms with E-state index in [0.717, 1.165) is 31.5 Å². The lowest BCUT2D eigenvalue weighted by Gasteiger charge is -2.39. The van der Waals surface area contributed by atoms with Crippen LogP contribution in [-0.4, -0.2) is 45.2 Å². The largest absolute Gasteiger partial charge is 0.339 e. The molecule has 2 amide bonds. The first kappa shape index (κ1) is 16.1. The van der Waals surface area contributed by atoms with Gasteiger partial charge in [0.05, 0.1) is 0 Å². The van der Waals surface area contributed by atoms with Crippen molar-refractivity contribution in [2.24, 2.45) is 5.92 Å². The molecule has 0 bridgehead atoms. The third kappa shape index (κ3) is 3.81. The summed E-state index contributed by atoms with van der Waals surface area (Å²) in [6, 6.07) is 4.19. The monoisotopic (exact) mass is 341 g/mol. The number of rotatable bonds is 4. The molecule has 1 saturated heterocycles. The number of carbonyl (C=O) groups is 1. The molecule has 1 aliphatic carbocycles. The van der Waals surface area contributed by atoms with E-state index in [1.807, 2.05) is 17.0 Å². The zero-order chi connectivity index (χ0) is 17.1. The lowest BCUT2D eigenvalue weighted by molar-refractivity contribution is 0.111. The van der Waals surface area contributed by atoms with Gasteiger partial charge in [-0.1, -0.05) is 24.4 Å². The number of nitrogens with one attached hydrogen (secondary N) is 1. The van der Waals surface area contributed by atoms with Crippen LogP contribution >= 0.6 is 0 Å². The van der Waals surface area contributed by atoms with Crippen LogP contribution < -0.4 is 5.32 Å². The predicted molar refractivity (Wildman–Crippen MR) is 91.7 cm³/mol. The van der Waals surface area contributed by atoms with Crippen molar-refractivity contribution in [1.82, 2.24) is 25.3 Å². The maximum absolute atomic E-state index is 12.2. The molecule has 1 aliphatic heterocycles. The summed E-state index contributed by atoms with van der Waals surface area (Å²) in [5.41, 5.74) is 0.847. The number of amides is 2. The normalized spacial score (nSPS) is 18.8. The van der Waals surface area contributed by atoms with Crippen LogP contribution in [0.4, 0.5) is 4.79 Å². The number of nitrogens with zero attached hydrogens (tertiary/aromatic N) is 4. The van der Waals surface area contributed by atoms with E-state index in [9.17, 15) is 4.79 Å². The molecular formula is C18H23N5O2. The minimum atomic E-state index is 0.0738. The molecule has 0 radical (unpaired) electrons. The first-order valence-electron chi connectivity index (χ1n) is 9.06. The Labute approximate surface area is 146 Å². The van der Waals surface area contributed by atoms with Crippen molar-refractivity contribution in [2.45, 2.75) is 44.6 Å². The van der Waals surface area contributed by atoms with E-state index in [2.05, 4.69) is 20.4 Å². The Morgan fingerprint density at radius 1 is 1.28 bits per heavy atom. The summed E-state index contributed by atoms with van der Waals surface area (Å²) in [4.78, 5) is 22.6. The fourth-order valence-corrected chi connectivity index (χ4v) is 3.57. The fourth-order valence-electron chi connectivity index (χ4n) is 3.57. The van der Waals surface area contributed by atoms with E-state index in [4.69, 9.17) is 4.52 Å². The van der Waals surface area contributed by atoms with E-state index in [0.29, 0.717) is 30.1 Å². The van der Waals surface area contributed by atoms with Crippen LogP contribution in [0.25, 0.3) is 11.4 Å². The quantitative estimate of drug-likeness (QED) is 0.924. The van der Waals surface area contributed by atoms with Crippen LogP contribution in [0.5, 0.6) is 0 Å². The van der Waals surface area contributed by atoms with E-state index in [-0.39, 0.29) is 6.03 Å². The SMILES string of the molecule is O=C(NC1CCCCC1)N1CC(Cc2nc(-c3cccnc3)no2)C1. The summed E-state index contributed by atoms with van der Waals surface area (Å²) in [5.74, 6) is 1.57. The Balaban J connectivity index is 1.24. The summed E-state index contributed by atoms with van der Waals surface area (Å²) in [6.07, 6.45) is 10.1. The number of aromatic nitrogens is 3. The van der Waals surface area contributed by atoms with Crippen LogP contribution in [0.3, 0.4) is 0 Å². The summed E-state index contributed by atoms with van der Waals surface area (Å²) in [5, 5.41) is 7.17. The van der Waals surface area contributed by atoms with Gasteiger partial charge in [0.2, 0.25) is 11.7 Å². The van der Waals surface area contributed by atoms with E-state index >= 15 is 0 Å². The van der Waals surface area contributed by atoms with Crippen LogP contribution in [0, 0.1) is 5.92 Å². The molecular weight excluding hydrogens is 318 g/mol. The first-order valence-corrected chi connectivity index (χ1v) is 9.06. The molecule has 2 aromatic rings. The van der Waals surface area contributed by atoms with Gasteiger partial charge >= 0.3 is 6.03 Å². The van der Waals surface area contributed by atoms with Crippen LogP contribution in [0.1, 0.15) is 38.0 Å². The van der Waals surface area contributed by atoms with Crippen molar-refractivity contribution in [3.8, 4) is 11.4 Å². The lowest BCUT2D eigenvalue weighted by atomic mass is 9.95. The fraction of sp³-hybridized carbons (Fsp3) is 0.556. The Kier molecular flexibility index (Phi) is 4.63. The summed E-state index contributed by atoms with van der Waals surface area (Å²) < 4.78 is 5.33. The second kappa shape index (κ2) is 7.21. The van der Waals surface area contributed by atoms with Gasteiger partial charge in [0.15, 0.2) is 0 Å². The second-order valence-electron chi connectivity index (χ2n) is 7.01. The molecule has 1 saturated carbocycles. The van der Waals surface area contributed by atoms with Crippen molar-refractivity contribution in [3.05, 3.63) is 30.4 Å². The van der Waals surface area contributed by atoms with Crippen LogP contribution in [0.15, 0.2) is 29.0 Å². The molecule has 2 fully saturated rings. The zero-order valence-electron chi connectivity index (χ0n) is 14.2. The van der Waals surface area contributed by atoms with Crippen LogP contribution in [0.2, 0.25) is 0 Å². The van der Waals surface area contributed by atoms with Gasteiger partial charge < -0.3 is 14.7 Å². The number of hydrogen-bond acceptors (Lipinski definition) is 5. The molecule has 0 aromatic carbocycles. The van der Waals surface area contributed by atoms with Crippen molar-refractivity contribution in [1.29, 1.82) is 0 Å². The summed E-state index contributed by atoms with van der Waals surface area (Å²) in [7, 11) is 0. The molecule has 7 heteroatoms. The Bertz CT molecular complexity index is 705. The standard InChI is InChI=1S/C18H23N5O2/c24-18(20-15-6-2-1-3-7-15)23-11-13(12-23)9-16-21-17(22-25-16)14-5-4-8-19-10-14/h4-5,8,10,13,15H,1-3,6-7,9,11-12H2,(H,20,24). The minimum Gasteiger partial charge on any atom is -0.339 e. The number of likely N-dealkylation sites (tertiary alicyclic amines) is 1. The predicted octanol–water partition coefficient (Wildman–Crippen LogP) is 2.65. The third-order valence-electron chi connectivity index (χ3n) is 5.03. The van der Waals surface area contributed by atoms with Gasteiger partial charge in [-0.15, -0.1) is 0 Å². The summed E-state index contributed by atoms with van der Waals surface area (Å²) >= 11 is 0. The second-order valence-corrected chi connectivity index (χ2v) is 7.01. The number of carbonyl (C=O) groups excluding carboxylic acids is 1. The lowest BCUT2D eigenvalue weighted by Crippen LogP contribution is -2.56. The van der Waals surface area contributed by atoms with Gasteiger partial charge in [0, 0.05) is 49.4 Å². The van der Waals surface area contributed by atoms with Gasteiger partial charge in [-0.2, -0.15) is 4.98 Å². The molecule has 1 N–H and O–H groups in total. The Morgan fingerprint density at radius 2 is 2.12 bits per heavy atom. The molecule has 7 nitrogen and oxygen atoms in total. The molecule has 132 valence electrons. The number of pyridine rings is 1. The minimum absolute atomic E-state index is 0.0738. The van der Waals surface area contributed by atoms with Gasteiger partial charge in [-0.25, -0.2) is 4.79 Å². The highest BCUT2D eigenvalue weighted by atomic mass is 16.5. The third-order valence-corrected chi connectivity index (χ3v) is 5.03. The smallest absolute Gasteiger partial charge is 0.317 e. The summed E-state index contributed by atoms with van der Waals surface area (Å²) in [6.45, 7) is 1.51. The van der Waals surface area contributed by atoms with Gasteiger partial charge in [0.25, 0.3) is 0 Å². The molecule has 4 rings (SSSR count). The van der Waals surface area contributed by atoms with Crippen molar-refractivity contribution in [3.63, 3.8) is 0 Å². The van der Waals surface area contributed by atoms with E-state index in [1.54, 1.807) is 12.4 Å². The average molecular weight is 341 g/mol. The van der Waals surface area contributed by atoms with E-state index in [1.165, 1.54) is 19.3 Å². The molecule has 3 heterocycles. The first-order chi connectivity index (χ1) is 12.3. The maximum atomic E-state index is 12.2. The molecule has 2 aromatic heterocycles. The maximum Gasteiger partial charge on any atom is 0.317 e. The molecule has 0 spiro atoms. The topological polar surface area (TPSA) is 84.2 Å². The van der Waals surface area contributed by atoms with Gasteiger partial charge in [-0.05, 0) is 25.0 Å². The molecule has 0 unspecified atom stereocenters. The van der Waals surface area contributed by atoms with Gasteiger partial charge in [0.1, 0.15) is 0 Å². The van der Waals surface area contributed by atoms with Crippen LogP contribution in [-0.2, 0) is 6.42 Å². The van der Waals surface area contributed by atoms with E-state index < -0.39 is 0 Å². The molecule has 2 aliphatic rings. The highest BCUT2D eigenvalue weighted by Gasteiger charge is 2.33.